The van der Waals surface area contributed by atoms with E-state index in [1.54, 1.807) is 33.0 Å². The zero-order valence-electron chi connectivity index (χ0n) is 20.0. The molecule has 0 unspecified atom stereocenters. The predicted molar refractivity (Wildman–Crippen MR) is 124 cm³/mol. The second-order valence-corrected chi connectivity index (χ2v) is 7.98. The van der Waals surface area contributed by atoms with Crippen LogP contribution in [-0.4, -0.2) is 79.9 Å². The van der Waals surface area contributed by atoms with Crippen molar-refractivity contribution in [3.63, 3.8) is 0 Å². The fourth-order valence-electron chi connectivity index (χ4n) is 3.04. The van der Waals surface area contributed by atoms with Crippen LogP contribution in [0.1, 0.15) is 27.4 Å². The number of amides is 2. The zero-order chi connectivity index (χ0) is 25.8. The van der Waals surface area contributed by atoms with Crippen molar-refractivity contribution in [2.24, 2.45) is 0 Å². The van der Waals surface area contributed by atoms with Crippen LogP contribution in [0.15, 0.2) is 28.8 Å². The summed E-state index contributed by atoms with van der Waals surface area (Å²) in [6.45, 7) is 4.05. The Bertz CT molecular complexity index is 985. The lowest BCUT2D eigenvalue weighted by Gasteiger charge is -2.24. The Kier molecular flexibility index (Phi) is 11.4. The Labute approximate surface area is 202 Å². The van der Waals surface area contributed by atoms with E-state index >= 15 is 0 Å². The van der Waals surface area contributed by atoms with Gasteiger partial charge in [0.2, 0.25) is 5.91 Å². The molecule has 0 aliphatic heterocycles. The molecule has 0 saturated carbocycles. The number of nitrogens with zero attached hydrogens (tertiary/aromatic N) is 1. The van der Waals surface area contributed by atoms with E-state index in [-0.39, 0.29) is 31.7 Å². The van der Waals surface area contributed by atoms with Crippen molar-refractivity contribution < 1.29 is 33.1 Å². The quantitative estimate of drug-likeness (QED) is 0.165. The predicted octanol–water partition coefficient (Wildman–Crippen LogP) is -0.401. The third kappa shape index (κ3) is 9.17. The molecule has 5 N–H and O–H groups in total. The zero-order valence-corrected chi connectivity index (χ0v) is 20.0. The van der Waals surface area contributed by atoms with Crippen molar-refractivity contribution in [3.8, 4) is 0 Å². The van der Waals surface area contributed by atoms with Crippen LogP contribution < -0.4 is 21.3 Å². The average molecular weight is 494 g/mol. The molecule has 0 aliphatic carbocycles. The summed E-state index contributed by atoms with van der Waals surface area (Å²) in [5, 5.41) is 24.7. The molecule has 3 atom stereocenters. The summed E-state index contributed by atoms with van der Waals surface area (Å²) in [5.74, 6) is -1.15. The molecule has 0 radical (unpaired) electrons. The minimum Gasteiger partial charge on any atom is -0.383 e. The van der Waals surface area contributed by atoms with Crippen LogP contribution in [0.25, 0.3) is 0 Å². The molecule has 0 bridgehead atoms. The lowest BCUT2D eigenvalue weighted by atomic mass is 10.1. The van der Waals surface area contributed by atoms with Gasteiger partial charge in [0, 0.05) is 31.3 Å². The molecule has 1 aromatic carbocycles. The van der Waals surface area contributed by atoms with Gasteiger partial charge in [-0.3, -0.25) is 9.59 Å². The Morgan fingerprint density at radius 2 is 2.06 bits per heavy atom. The number of carbonyl (C=O) groups excluding carboxylic acids is 3. The number of rotatable bonds is 15. The van der Waals surface area contributed by atoms with Crippen LogP contribution in [0.2, 0.25) is 0 Å². The number of aliphatic hydroxyl groups excluding tert-OH is 1. The molecule has 0 aliphatic rings. The number of aryl methyl sites for hydroxylation is 2. The number of nitrogens with one attached hydrogen (secondary N) is 4. The molecule has 35 heavy (non-hydrogen) atoms. The fourth-order valence-corrected chi connectivity index (χ4v) is 3.04. The molecule has 12 heteroatoms. The van der Waals surface area contributed by atoms with E-state index in [0.717, 1.165) is 5.56 Å². The van der Waals surface area contributed by atoms with E-state index in [4.69, 9.17) is 9.26 Å². The maximum absolute atomic E-state index is 14.1. The van der Waals surface area contributed by atoms with Crippen LogP contribution in [0.3, 0.4) is 0 Å². The minimum atomic E-state index is -1.55. The topological polar surface area (TPSA) is 155 Å². The largest absolute Gasteiger partial charge is 0.383 e. The SMILES string of the molecule is CNCCOC[C@H](NC[C@H](NC(=O)c1cc(C)on1)[C@@H](O)C=O)C(=O)NCc1ccc(C)cc1F. The third-order valence-electron chi connectivity index (χ3n) is 5.07. The van der Waals surface area contributed by atoms with E-state index < -0.39 is 35.8 Å². The highest BCUT2D eigenvalue weighted by Gasteiger charge is 2.26. The first-order valence-electron chi connectivity index (χ1n) is 11.1. The average Bonchev–Trinajstić information content (AvgIpc) is 3.27. The molecule has 0 saturated heterocycles. The number of aldehydes is 1. The van der Waals surface area contributed by atoms with Crippen molar-refractivity contribution >= 4 is 18.1 Å². The van der Waals surface area contributed by atoms with Gasteiger partial charge >= 0.3 is 0 Å². The van der Waals surface area contributed by atoms with Gasteiger partial charge in [-0.05, 0) is 32.5 Å². The molecule has 1 heterocycles. The second kappa shape index (κ2) is 14.3. The van der Waals surface area contributed by atoms with Crippen LogP contribution in [-0.2, 0) is 20.9 Å². The van der Waals surface area contributed by atoms with Crippen LogP contribution >= 0.6 is 0 Å². The molecule has 0 spiro atoms. The number of ether oxygens (including phenoxy) is 1. The number of aliphatic hydroxyl groups is 1. The maximum Gasteiger partial charge on any atom is 0.273 e. The van der Waals surface area contributed by atoms with Crippen molar-refractivity contribution in [1.82, 2.24) is 26.4 Å². The summed E-state index contributed by atoms with van der Waals surface area (Å²) in [6, 6.07) is 4.14. The summed E-state index contributed by atoms with van der Waals surface area (Å²) in [7, 11) is 1.76. The normalized spacial score (nSPS) is 13.6. The van der Waals surface area contributed by atoms with Gasteiger partial charge < -0.3 is 40.4 Å². The van der Waals surface area contributed by atoms with Gasteiger partial charge in [0.25, 0.3) is 5.91 Å². The molecule has 1 aromatic heterocycles. The number of halogens is 1. The summed E-state index contributed by atoms with van der Waals surface area (Å²) in [6.07, 6.45) is -1.27. The molecule has 0 fully saturated rings. The highest BCUT2D eigenvalue weighted by molar-refractivity contribution is 5.92. The van der Waals surface area contributed by atoms with Crippen molar-refractivity contribution in [1.29, 1.82) is 0 Å². The summed E-state index contributed by atoms with van der Waals surface area (Å²) in [5.41, 5.74) is 1.07. The van der Waals surface area contributed by atoms with Gasteiger partial charge in [-0.2, -0.15) is 0 Å². The lowest BCUT2D eigenvalue weighted by Crippen LogP contribution is -2.55. The summed E-state index contributed by atoms with van der Waals surface area (Å²) in [4.78, 5) is 36.4. The Hall–Kier alpha value is -3.19. The first-order chi connectivity index (χ1) is 16.7. The molecular formula is C23H32FN5O6. The smallest absolute Gasteiger partial charge is 0.273 e. The minimum absolute atomic E-state index is 0.0181. The molecule has 2 amide bonds. The molecule has 192 valence electrons. The highest BCUT2D eigenvalue weighted by Crippen LogP contribution is 2.09. The number of benzene rings is 1. The van der Waals surface area contributed by atoms with E-state index in [1.165, 1.54) is 12.1 Å². The number of hydrogen-bond donors (Lipinski definition) is 5. The number of aromatic nitrogens is 1. The third-order valence-corrected chi connectivity index (χ3v) is 5.07. The van der Waals surface area contributed by atoms with Gasteiger partial charge in [0.1, 0.15) is 23.7 Å². The maximum atomic E-state index is 14.1. The summed E-state index contributed by atoms with van der Waals surface area (Å²) >= 11 is 0. The fraction of sp³-hybridized carbons (Fsp3) is 0.478. The number of hydrogen-bond acceptors (Lipinski definition) is 9. The first-order valence-corrected chi connectivity index (χ1v) is 11.1. The number of carbonyl (C=O) groups is 3. The standard InChI is InChI=1S/C23H32FN5O6/c1-14-4-5-16(17(24)8-14)10-27-22(32)20(13-34-7-6-25-3)26-11-19(21(31)12-30)28-23(33)18-9-15(2)35-29-18/h4-5,8-9,12,19-21,25-26,31H,6-7,10-11,13H2,1-3H3,(H,27,32)(H,28,33)/t19-,20-,21-/m0/s1. The number of likely N-dealkylation sites (N-methyl/N-ethyl adjacent to an activating group) is 1. The Morgan fingerprint density at radius 3 is 2.69 bits per heavy atom. The Balaban J connectivity index is 2.03. The first kappa shape index (κ1) is 28.1. The highest BCUT2D eigenvalue weighted by atomic mass is 19.1. The van der Waals surface area contributed by atoms with Gasteiger partial charge in [-0.25, -0.2) is 4.39 Å². The van der Waals surface area contributed by atoms with Crippen molar-refractivity contribution in [2.75, 3.05) is 33.4 Å². The monoisotopic (exact) mass is 493 g/mol. The van der Waals surface area contributed by atoms with E-state index in [0.29, 0.717) is 24.5 Å². The van der Waals surface area contributed by atoms with Crippen LogP contribution in [0, 0.1) is 19.7 Å². The molecule has 11 nitrogen and oxygen atoms in total. The van der Waals surface area contributed by atoms with Crippen LogP contribution in [0.4, 0.5) is 4.39 Å². The second-order valence-electron chi connectivity index (χ2n) is 7.98. The van der Waals surface area contributed by atoms with Crippen LogP contribution in [0.5, 0.6) is 0 Å². The van der Waals surface area contributed by atoms with Gasteiger partial charge in [0.15, 0.2) is 12.0 Å². The molecular weight excluding hydrogens is 461 g/mol. The van der Waals surface area contributed by atoms with E-state index in [1.807, 2.05) is 0 Å². The van der Waals surface area contributed by atoms with Crippen molar-refractivity contribution in [3.05, 3.63) is 52.7 Å². The van der Waals surface area contributed by atoms with Crippen molar-refractivity contribution in [2.45, 2.75) is 38.6 Å². The van der Waals surface area contributed by atoms with E-state index in [2.05, 4.69) is 26.4 Å². The molecule has 2 rings (SSSR count). The summed E-state index contributed by atoms with van der Waals surface area (Å²) < 4.78 is 24.5. The molecule has 2 aromatic rings. The van der Waals surface area contributed by atoms with E-state index in [9.17, 15) is 23.9 Å². The van der Waals surface area contributed by atoms with Gasteiger partial charge in [-0.1, -0.05) is 17.3 Å². The lowest BCUT2D eigenvalue weighted by molar-refractivity contribution is -0.124. The van der Waals surface area contributed by atoms with Gasteiger partial charge in [0.05, 0.1) is 19.3 Å². The Morgan fingerprint density at radius 1 is 1.29 bits per heavy atom. The van der Waals surface area contributed by atoms with Gasteiger partial charge in [-0.15, -0.1) is 0 Å².